The van der Waals surface area contributed by atoms with Gasteiger partial charge in [0.2, 0.25) is 0 Å². The van der Waals surface area contributed by atoms with Gasteiger partial charge in [-0.05, 0) is 59.3 Å². The summed E-state index contributed by atoms with van der Waals surface area (Å²) in [7, 11) is 0. The Balaban J connectivity index is 1.99. The summed E-state index contributed by atoms with van der Waals surface area (Å²) in [6.07, 6.45) is 0. The van der Waals surface area contributed by atoms with E-state index in [0.29, 0.717) is 5.02 Å². The number of thiazole rings is 1. The van der Waals surface area contributed by atoms with Gasteiger partial charge in [0.25, 0.3) is 0 Å². The van der Waals surface area contributed by atoms with Gasteiger partial charge in [-0.1, -0.05) is 35.1 Å². The van der Waals surface area contributed by atoms with E-state index in [1.165, 1.54) is 10.3 Å². The minimum Gasteiger partial charge on any atom is -0.330 e. The van der Waals surface area contributed by atoms with Gasteiger partial charge in [0.1, 0.15) is 0 Å². The van der Waals surface area contributed by atoms with Gasteiger partial charge in [-0.15, -0.1) is 0 Å². The lowest BCUT2D eigenvalue weighted by Crippen LogP contribution is -1.90. The molecule has 96 valence electrons. The first-order chi connectivity index (χ1) is 9.13. The Morgan fingerprint density at radius 2 is 2.11 bits per heavy atom. The molecule has 3 rings (SSSR count). The molecule has 3 aromatic rings. The molecule has 0 radical (unpaired) electrons. The second kappa shape index (κ2) is 5.26. The topological polar surface area (TPSA) is 24.9 Å². The molecule has 0 bridgehead atoms. The van der Waals surface area contributed by atoms with Gasteiger partial charge in [-0.3, -0.25) is 0 Å². The zero-order valence-corrected chi connectivity index (χ0v) is 13.8. The molecule has 2 nitrogen and oxygen atoms in total. The number of aromatic nitrogens is 1. The summed E-state index contributed by atoms with van der Waals surface area (Å²) in [5, 5.41) is 4.87. The van der Waals surface area contributed by atoms with Gasteiger partial charge in [0.05, 0.1) is 20.9 Å². The van der Waals surface area contributed by atoms with Crippen LogP contribution in [0.3, 0.4) is 0 Å². The maximum atomic E-state index is 6.22. The average molecular weight is 401 g/mol. The van der Waals surface area contributed by atoms with E-state index in [9.17, 15) is 0 Å². The smallest absolute Gasteiger partial charge is 0.188 e. The van der Waals surface area contributed by atoms with E-state index in [4.69, 9.17) is 11.6 Å². The average Bonchev–Trinajstić information content (AvgIpc) is 2.77. The molecule has 19 heavy (non-hydrogen) atoms. The molecular formula is C14H10ClIN2S. The SMILES string of the molecule is Cc1cccc2sc(Nc3ccc(I)cc3Cl)nc12. The van der Waals surface area contributed by atoms with Crippen molar-refractivity contribution in [3.05, 3.63) is 50.6 Å². The van der Waals surface area contributed by atoms with Crippen LogP contribution in [0, 0.1) is 10.5 Å². The zero-order valence-electron chi connectivity index (χ0n) is 10.1. The summed E-state index contributed by atoms with van der Waals surface area (Å²) in [6, 6.07) is 12.1. The van der Waals surface area contributed by atoms with Crippen LogP contribution < -0.4 is 5.32 Å². The molecule has 0 aliphatic carbocycles. The van der Waals surface area contributed by atoms with Crippen molar-refractivity contribution in [1.29, 1.82) is 0 Å². The molecule has 5 heteroatoms. The lowest BCUT2D eigenvalue weighted by atomic mass is 10.2. The van der Waals surface area contributed by atoms with Gasteiger partial charge in [0, 0.05) is 3.57 Å². The van der Waals surface area contributed by atoms with Crippen molar-refractivity contribution in [2.45, 2.75) is 6.92 Å². The van der Waals surface area contributed by atoms with E-state index in [-0.39, 0.29) is 0 Å². The molecule has 0 spiro atoms. The third kappa shape index (κ3) is 2.70. The zero-order chi connectivity index (χ0) is 13.4. The number of para-hydroxylation sites is 1. The predicted octanol–water partition coefficient (Wildman–Crippen LogP) is 5.61. The summed E-state index contributed by atoms with van der Waals surface area (Å²) < 4.78 is 2.30. The van der Waals surface area contributed by atoms with Crippen molar-refractivity contribution >= 4 is 66.6 Å². The molecule has 1 N–H and O–H groups in total. The number of hydrogen-bond donors (Lipinski definition) is 1. The molecule has 1 aromatic heterocycles. The summed E-state index contributed by atoms with van der Waals surface area (Å²) in [5.41, 5.74) is 3.13. The summed E-state index contributed by atoms with van der Waals surface area (Å²) in [5.74, 6) is 0. The number of nitrogens with zero attached hydrogens (tertiary/aromatic N) is 1. The van der Waals surface area contributed by atoms with Crippen molar-refractivity contribution in [3.8, 4) is 0 Å². The van der Waals surface area contributed by atoms with Crippen molar-refractivity contribution in [1.82, 2.24) is 4.98 Å². The van der Waals surface area contributed by atoms with E-state index in [2.05, 4.69) is 58.0 Å². The molecule has 0 aliphatic rings. The van der Waals surface area contributed by atoms with Crippen LogP contribution >= 0.6 is 45.5 Å². The van der Waals surface area contributed by atoms with Crippen LogP contribution in [-0.4, -0.2) is 4.98 Å². The Morgan fingerprint density at radius 1 is 1.26 bits per heavy atom. The highest BCUT2D eigenvalue weighted by Crippen LogP contribution is 2.32. The van der Waals surface area contributed by atoms with Crippen molar-refractivity contribution in [2.24, 2.45) is 0 Å². The predicted molar refractivity (Wildman–Crippen MR) is 91.8 cm³/mol. The van der Waals surface area contributed by atoms with E-state index in [0.717, 1.165) is 19.9 Å². The number of rotatable bonds is 2. The van der Waals surface area contributed by atoms with E-state index < -0.39 is 0 Å². The largest absolute Gasteiger partial charge is 0.330 e. The molecule has 1 heterocycles. The Hall–Kier alpha value is -0.850. The molecule has 0 amide bonds. The van der Waals surface area contributed by atoms with Gasteiger partial charge in [0.15, 0.2) is 5.13 Å². The van der Waals surface area contributed by atoms with Crippen LogP contribution in [0.15, 0.2) is 36.4 Å². The van der Waals surface area contributed by atoms with Crippen LogP contribution in [0.25, 0.3) is 10.2 Å². The van der Waals surface area contributed by atoms with Gasteiger partial charge >= 0.3 is 0 Å². The van der Waals surface area contributed by atoms with Crippen LogP contribution in [0.1, 0.15) is 5.56 Å². The van der Waals surface area contributed by atoms with Crippen LogP contribution in [0.5, 0.6) is 0 Å². The number of aryl methyl sites for hydroxylation is 1. The highest BCUT2D eigenvalue weighted by atomic mass is 127. The first kappa shape index (κ1) is 13.1. The molecule has 0 saturated heterocycles. The third-order valence-corrected chi connectivity index (χ3v) is 4.71. The monoisotopic (exact) mass is 400 g/mol. The highest BCUT2D eigenvalue weighted by Gasteiger charge is 2.07. The Morgan fingerprint density at radius 3 is 2.84 bits per heavy atom. The van der Waals surface area contributed by atoms with Gasteiger partial charge in [-0.2, -0.15) is 0 Å². The fraction of sp³-hybridized carbons (Fsp3) is 0.0714. The number of benzene rings is 2. The molecule has 0 fully saturated rings. The minimum atomic E-state index is 0.711. The van der Waals surface area contributed by atoms with Crippen molar-refractivity contribution in [3.63, 3.8) is 0 Å². The number of fused-ring (bicyclic) bond motifs is 1. The molecule has 0 atom stereocenters. The first-order valence-corrected chi connectivity index (χ1v) is 7.99. The standard InChI is InChI=1S/C14H10ClIN2S/c1-8-3-2-4-12-13(8)18-14(19-12)17-11-6-5-9(16)7-10(11)15/h2-7H,1H3,(H,17,18). The van der Waals surface area contributed by atoms with Crippen LogP contribution in [0.4, 0.5) is 10.8 Å². The fourth-order valence-corrected chi connectivity index (χ4v) is 3.70. The molecule has 0 aliphatic heterocycles. The number of hydrogen-bond acceptors (Lipinski definition) is 3. The lowest BCUT2D eigenvalue weighted by molar-refractivity contribution is 1.40. The van der Waals surface area contributed by atoms with E-state index in [1.807, 2.05) is 18.2 Å². The lowest BCUT2D eigenvalue weighted by Gasteiger charge is -2.04. The van der Waals surface area contributed by atoms with Crippen molar-refractivity contribution in [2.75, 3.05) is 5.32 Å². The minimum absolute atomic E-state index is 0.711. The molecule has 0 unspecified atom stereocenters. The Labute approximate surface area is 134 Å². The highest BCUT2D eigenvalue weighted by molar-refractivity contribution is 14.1. The summed E-state index contributed by atoms with van der Waals surface area (Å²) >= 11 is 10.1. The second-order valence-corrected chi connectivity index (χ2v) is 6.87. The van der Waals surface area contributed by atoms with E-state index in [1.54, 1.807) is 11.3 Å². The molecule has 0 saturated carbocycles. The summed E-state index contributed by atoms with van der Waals surface area (Å²) in [4.78, 5) is 4.62. The quantitative estimate of drug-likeness (QED) is 0.566. The number of nitrogens with one attached hydrogen (secondary N) is 1. The van der Waals surface area contributed by atoms with Crippen LogP contribution in [-0.2, 0) is 0 Å². The molecular weight excluding hydrogens is 391 g/mol. The van der Waals surface area contributed by atoms with E-state index >= 15 is 0 Å². The van der Waals surface area contributed by atoms with Gasteiger partial charge in [-0.25, -0.2) is 4.98 Å². The van der Waals surface area contributed by atoms with Crippen molar-refractivity contribution < 1.29 is 0 Å². The maximum absolute atomic E-state index is 6.22. The van der Waals surface area contributed by atoms with Crippen LogP contribution in [0.2, 0.25) is 5.02 Å². The first-order valence-electron chi connectivity index (χ1n) is 5.72. The fourth-order valence-electron chi connectivity index (χ4n) is 1.85. The number of anilines is 2. The van der Waals surface area contributed by atoms with Gasteiger partial charge < -0.3 is 5.32 Å². The third-order valence-electron chi connectivity index (χ3n) is 2.79. The Kier molecular flexibility index (Phi) is 3.64. The Bertz CT molecular complexity index is 754. The second-order valence-electron chi connectivity index (χ2n) is 4.19. The number of halogens is 2. The normalized spacial score (nSPS) is 10.9. The summed E-state index contributed by atoms with van der Waals surface area (Å²) in [6.45, 7) is 2.07. The molecule has 2 aromatic carbocycles. The maximum Gasteiger partial charge on any atom is 0.188 e.